The first kappa shape index (κ1) is 19.4. The minimum absolute atomic E-state index is 0.0192. The number of aromatic amines is 1. The number of hydrogen-bond acceptors (Lipinski definition) is 7. The van der Waals surface area contributed by atoms with Crippen LogP contribution in [0.4, 0.5) is 0 Å². The van der Waals surface area contributed by atoms with Gasteiger partial charge in [0.25, 0.3) is 0 Å². The molecule has 8 nitrogen and oxygen atoms in total. The Hall–Kier alpha value is -1.94. The summed E-state index contributed by atoms with van der Waals surface area (Å²) in [5, 5.41) is 7.57. The fourth-order valence-corrected chi connectivity index (χ4v) is 6.41. The molecule has 28 heavy (non-hydrogen) atoms. The van der Waals surface area contributed by atoms with Crippen molar-refractivity contribution < 1.29 is 13.2 Å². The molecule has 1 aliphatic carbocycles. The zero-order valence-corrected chi connectivity index (χ0v) is 17.1. The number of aromatic nitrogens is 4. The molecule has 1 atom stereocenters. The van der Waals surface area contributed by atoms with Gasteiger partial charge < -0.3 is 4.90 Å². The molecule has 3 heterocycles. The standard InChI is InChI=1S/C18H23N5O3S2/c24-16(11-27-18-20-17(21-22-18)13-5-8-19-9-6-13)23(14-3-1-2-4-14)15-7-10-28(25,26)12-15/h5-6,8-9,14-15H,1-4,7,10-12H2,(H,20,21,22)/t15-/m1/s1. The Morgan fingerprint density at radius 3 is 2.61 bits per heavy atom. The summed E-state index contributed by atoms with van der Waals surface area (Å²) >= 11 is 1.28. The minimum atomic E-state index is -3.03. The molecule has 1 saturated carbocycles. The fourth-order valence-electron chi connectivity index (χ4n) is 4.03. The van der Waals surface area contributed by atoms with Crippen LogP contribution in [0.3, 0.4) is 0 Å². The first-order chi connectivity index (χ1) is 13.5. The van der Waals surface area contributed by atoms with E-state index in [1.54, 1.807) is 12.4 Å². The molecule has 1 aliphatic heterocycles. The maximum Gasteiger partial charge on any atom is 0.233 e. The lowest BCUT2D eigenvalue weighted by Gasteiger charge is -2.34. The lowest BCUT2D eigenvalue weighted by molar-refractivity contribution is -0.132. The van der Waals surface area contributed by atoms with Crippen molar-refractivity contribution in [2.75, 3.05) is 17.3 Å². The molecule has 0 bridgehead atoms. The molecular formula is C18H23N5O3S2. The number of nitrogens with zero attached hydrogens (tertiary/aromatic N) is 4. The molecule has 10 heteroatoms. The summed E-state index contributed by atoms with van der Waals surface area (Å²) in [5.41, 5.74) is 0.879. The summed E-state index contributed by atoms with van der Waals surface area (Å²) in [6, 6.07) is 3.64. The topological polar surface area (TPSA) is 109 Å². The number of H-pyrrole nitrogens is 1. The van der Waals surface area contributed by atoms with Crippen molar-refractivity contribution in [1.29, 1.82) is 0 Å². The molecule has 2 aliphatic rings. The van der Waals surface area contributed by atoms with Gasteiger partial charge in [-0.2, -0.15) is 0 Å². The summed E-state index contributed by atoms with van der Waals surface area (Å²) in [6.07, 6.45) is 8.02. The number of nitrogens with one attached hydrogen (secondary N) is 1. The first-order valence-corrected chi connectivity index (χ1v) is 12.3. The molecule has 4 rings (SSSR count). The van der Waals surface area contributed by atoms with E-state index in [0.717, 1.165) is 31.2 Å². The normalized spacial score (nSPS) is 21.8. The Morgan fingerprint density at radius 2 is 1.93 bits per heavy atom. The van der Waals surface area contributed by atoms with Crippen molar-refractivity contribution in [2.45, 2.75) is 49.3 Å². The van der Waals surface area contributed by atoms with Gasteiger partial charge in [-0.25, -0.2) is 13.4 Å². The van der Waals surface area contributed by atoms with Crippen molar-refractivity contribution in [1.82, 2.24) is 25.1 Å². The average Bonchev–Trinajstić information content (AvgIpc) is 3.43. The van der Waals surface area contributed by atoms with Gasteiger partial charge >= 0.3 is 0 Å². The van der Waals surface area contributed by atoms with E-state index in [2.05, 4.69) is 20.2 Å². The highest BCUT2D eigenvalue weighted by Crippen LogP contribution is 2.30. The van der Waals surface area contributed by atoms with Crippen molar-refractivity contribution in [3.8, 4) is 11.4 Å². The lowest BCUT2D eigenvalue weighted by atomic mass is 10.1. The zero-order valence-electron chi connectivity index (χ0n) is 15.5. The Kier molecular flexibility index (Phi) is 5.68. The van der Waals surface area contributed by atoms with Gasteiger partial charge in [-0.3, -0.25) is 14.9 Å². The van der Waals surface area contributed by atoms with Gasteiger partial charge in [0.15, 0.2) is 15.7 Å². The fraction of sp³-hybridized carbons (Fsp3) is 0.556. The highest BCUT2D eigenvalue weighted by Gasteiger charge is 2.38. The van der Waals surface area contributed by atoms with E-state index in [9.17, 15) is 13.2 Å². The van der Waals surface area contributed by atoms with Crippen LogP contribution in [0.1, 0.15) is 32.1 Å². The zero-order chi connectivity index (χ0) is 19.6. The number of carbonyl (C=O) groups excluding carboxylic acids is 1. The summed E-state index contributed by atoms with van der Waals surface area (Å²) in [6.45, 7) is 0. The third kappa shape index (κ3) is 4.38. The van der Waals surface area contributed by atoms with Crippen LogP contribution >= 0.6 is 11.8 Å². The van der Waals surface area contributed by atoms with E-state index in [1.807, 2.05) is 17.0 Å². The molecule has 2 fully saturated rings. The molecule has 2 aromatic heterocycles. The lowest BCUT2D eigenvalue weighted by Crippen LogP contribution is -2.47. The maximum absolute atomic E-state index is 13.0. The molecule has 0 unspecified atom stereocenters. The molecule has 2 aromatic rings. The number of sulfone groups is 1. The maximum atomic E-state index is 13.0. The Balaban J connectivity index is 1.42. The monoisotopic (exact) mass is 421 g/mol. The second-order valence-electron chi connectivity index (χ2n) is 7.29. The van der Waals surface area contributed by atoms with Crippen LogP contribution in [0.2, 0.25) is 0 Å². The molecule has 1 N–H and O–H groups in total. The molecule has 1 amide bonds. The highest BCUT2D eigenvalue weighted by molar-refractivity contribution is 7.99. The predicted molar refractivity (Wildman–Crippen MR) is 106 cm³/mol. The second kappa shape index (κ2) is 8.20. The average molecular weight is 422 g/mol. The van der Waals surface area contributed by atoms with Crippen molar-refractivity contribution in [3.63, 3.8) is 0 Å². The van der Waals surface area contributed by atoms with Gasteiger partial charge in [-0.15, -0.1) is 5.10 Å². The number of amides is 1. The van der Waals surface area contributed by atoms with Crippen LogP contribution in [0.25, 0.3) is 11.4 Å². The van der Waals surface area contributed by atoms with E-state index in [1.165, 1.54) is 11.8 Å². The van der Waals surface area contributed by atoms with Crippen LogP contribution in [-0.4, -0.2) is 68.7 Å². The number of hydrogen-bond donors (Lipinski definition) is 1. The second-order valence-corrected chi connectivity index (χ2v) is 10.5. The Morgan fingerprint density at radius 1 is 1.18 bits per heavy atom. The predicted octanol–water partition coefficient (Wildman–Crippen LogP) is 1.92. The number of thioether (sulfide) groups is 1. The van der Waals surface area contributed by atoms with E-state index < -0.39 is 9.84 Å². The third-order valence-electron chi connectivity index (χ3n) is 5.35. The van der Waals surface area contributed by atoms with Gasteiger partial charge in [0.2, 0.25) is 11.1 Å². The van der Waals surface area contributed by atoms with Crippen LogP contribution < -0.4 is 0 Å². The van der Waals surface area contributed by atoms with E-state index in [-0.39, 0.29) is 35.2 Å². The first-order valence-electron chi connectivity index (χ1n) is 9.49. The molecule has 0 aromatic carbocycles. The molecular weight excluding hydrogens is 398 g/mol. The SMILES string of the molecule is O=C(CSc1n[nH]c(-c2ccncc2)n1)N(C1CCCC1)[C@@H]1CCS(=O)(=O)C1. The molecule has 150 valence electrons. The van der Waals surface area contributed by atoms with Crippen LogP contribution in [0.5, 0.6) is 0 Å². The van der Waals surface area contributed by atoms with E-state index in [4.69, 9.17) is 0 Å². The number of pyridine rings is 1. The van der Waals surface area contributed by atoms with Crippen LogP contribution in [0, 0.1) is 0 Å². The van der Waals surface area contributed by atoms with Gasteiger partial charge in [-0.1, -0.05) is 24.6 Å². The van der Waals surface area contributed by atoms with Crippen molar-refractivity contribution >= 4 is 27.5 Å². The molecule has 0 radical (unpaired) electrons. The minimum Gasteiger partial charge on any atom is -0.335 e. The summed E-state index contributed by atoms with van der Waals surface area (Å²) in [5.74, 6) is 1.09. The van der Waals surface area contributed by atoms with Crippen molar-refractivity contribution in [3.05, 3.63) is 24.5 Å². The summed E-state index contributed by atoms with van der Waals surface area (Å²) < 4.78 is 23.9. The van der Waals surface area contributed by atoms with Gasteiger partial charge in [-0.05, 0) is 31.4 Å². The largest absolute Gasteiger partial charge is 0.335 e. The number of carbonyl (C=O) groups is 1. The Labute approximate surface area is 168 Å². The van der Waals surface area contributed by atoms with Gasteiger partial charge in [0, 0.05) is 30.0 Å². The smallest absolute Gasteiger partial charge is 0.233 e. The number of rotatable bonds is 6. The van der Waals surface area contributed by atoms with Crippen molar-refractivity contribution in [2.24, 2.45) is 0 Å². The summed E-state index contributed by atoms with van der Waals surface area (Å²) in [7, 11) is -3.03. The quantitative estimate of drug-likeness (QED) is 0.710. The summed E-state index contributed by atoms with van der Waals surface area (Å²) in [4.78, 5) is 23.3. The van der Waals surface area contributed by atoms with Gasteiger partial charge in [0.1, 0.15) is 0 Å². The van der Waals surface area contributed by atoms with E-state index in [0.29, 0.717) is 17.4 Å². The third-order valence-corrected chi connectivity index (χ3v) is 7.93. The van der Waals surface area contributed by atoms with Gasteiger partial charge in [0.05, 0.1) is 17.3 Å². The molecule has 0 spiro atoms. The van der Waals surface area contributed by atoms with Crippen LogP contribution in [-0.2, 0) is 14.6 Å². The van der Waals surface area contributed by atoms with E-state index >= 15 is 0 Å². The highest BCUT2D eigenvalue weighted by atomic mass is 32.2. The van der Waals surface area contributed by atoms with Crippen LogP contribution in [0.15, 0.2) is 29.7 Å². The molecule has 1 saturated heterocycles. The Bertz CT molecular complexity index is 926.